The van der Waals surface area contributed by atoms with Gasteiger partial charge < -0.3 is 4.66 Å². The first-order valence-electron chi connectivity index (χ1n) is 5.29. The van der Waals surface area contributed by atoms with Crippen LogP contribution in [0.15, 0.2) is 4.66 Å². The fraction of sp³-hybridized carbons (Fsp3) is 0.909. The van der Waals surface area contributed by atoms with Gasteiger partial charge in [-0.25, -0.2) is 0 Å². The van der Waals surface area contributed by atoms with E-state index in [0.717, 1.165) is 6.42 Å². The van der Waals surface area contributed by atoms with Crippen LogP contribution >= 0.6 is 0 Å². The van der Waals surface area contributed by atoms with Gasteiger partial charge in [0, 0.05) is 0 Å². The van der Waals surface area contributed by atoms with Gasteiger partial charge in [-0.05, 0) is 36.7 Å². The maximum Gasteiger partial charge on any atom is 0.180 e. The van der Waals surface area contributed by atoms with Gasteiger partial charge in [-0.3, -0.25) is 0 Å². The third kappa shape index (κ3) is 2.94. The predicted octanol–water partition coefficient (Wildman–Crippen LogP) is 4.11. The molecule has 0 amide bonds. The van der Waals surface area contributed by atoms with Crippen LogP contribution in [0.25, 0.3) is 0 Å². The Hall–Kier alpha value is -0.113. The van der Waals surface area contributed by atoms with Crippen molar-refractivity contribution in [1.82, 2.24) is 0 Å². The lowest BCUT2D eigenvalue weighted by atomic mass is 9.99. The highest BCUT2D eigenvalue weighted by Gasteiger charge is 2.41. The molecule has 0 saturated carbocycles. The van der Waals surface area contributed by atoms with Crippen LogP contribution in [0.4, 0.5) is 0 Å². The molecule has 0 aromatic carbocycles. The van der Waals surface area contributed by atoms with E-state index in [0.29, 0.717) is 11.0 Å². The second kappa shape index (κ2) is 4.40. The van der Waals surface area contributed by atoms with Crippen LogP contribution in [0.5, 0.6) is 0 Å². The zero-order valence-corrected chi connectivity index (χ0v) is 11.3. The largest absolute Gasteiger partial charge is 0.333 e. The quantitative estimate of drug-likeness (QED) is 0.477. The lowest BCUT2D eigenvalue weighted by molar-refractivity contribution is 0.457. The van der Waals surface area contributed by atoms with Gasteiger partial charge in [-0.1, -0.05) is 34.6 Å². The Morgan fingerprint density at radius 2 is 1.77 bits per heavy atom. The van der Waals surface area contributed by atoms with Crippen molar-refractivity contribution >= 4 is 14.5 Å². The summed E-state index contributed by atoms with van der Waals surface area (Å²) in [6, 6.07) is 0. The van der Waals surface area contributed by atoms with E-state index in [2.05, 4.69) is 53.9 Å². The molecule has 0 aromatic heterocycles. The molecule has 0 unspecified atom stereocenters. The predicted molar refractivity (Wildman–Crippen MR) is 65.1 cm³/mol. The number of rotatable bonds is 4. The first-order chi connectivity index (χ1) is 5.75. The monoisotopic (exact) mass is 199 g/mol. The van der Waals surface area contributed by atoms with Crippen molar-refractivity contribution < 1.29 is 0 Å². The third-order valence-corrected chi connectivity index (χ3v) is 8.18. The van der Waals surface area contributed by atoms with Crippen molar-refractivity contribution in [2.24, 2.45) is 10.6 Å². The van der Waals surface area contributed by atoms with E-state index in [-0.39, 0.29) is 0 Å². The molecule has 0 atom stereocenters. The fourth-order valence-electron chi connectivity index (χ4n) is 1.19. The summed E-state index contributed by atoms with van der Waals surface area (Å²) in [5.74, 6) is 0.711. The molecule has 0 aliphatic rings. The van der Waals surface area contributed by atoms with Crippen LogP contribution in [-0.2, 0) is 0 Å². The van der Waals surface area contributed by atoms with E-state index in [1.54, 1.807) is 0 Å². The molecule has 0 aromatic rings. The van der Waals surface area contributed by atoms with Crippen molar-refractivity contribution in [2.75, 3.05) is 0 Å². The normalized spacial score (nSPS) is 14.5. The summed E-state index contributed by atoms with van der Waals surface area (Å²) in [7, 11) is -1.45. The van der Waals surface area contributed by atoms with Gasteiger partial charge in [0.15, 0.2) is 8.24 Å². The molecule has 0 heterocycles. The molecule has 13 heavy (non-hydrogen) atoms. The molecule has 0 saturated heterocycles. The summed E-state index contributed by atoms with van der Waals surface area (Å²) in [4.78, 5) is 0. The van der Waals surface area contributed by atoms with Crippen LogP contribution < -0.4 is 0 Å². The van der Waals surface area contributed by atoms with Crippen molar-refractivity contribution in [3.63, 3.8) is 0 Å². The number of hydrogen-bond donors (Lipinski definition) is 0. The van der Waals surface area contributed by atoms with Crippen molar-refractivity contribution in [2.45, 2.75) is 59.2 Å². The molecule has 0 bridgehead atoms. The molecular formula is C11H25NSi. The van der Waals surface area contributed by atoms with Crippen molar-refractivity contribution in [3.8, 4) is 0 Å². The molecule has 0 fully saturated rings. The van der Waals surface area contributed by atoms with Crippen LogP contribution in [0.1, 0.15) is 41.0 Å². The van der Waals surface area contributed by atoms with Crippen LogP contribution in [0.3, 0.4) is 0 Å². The first-order valence-corrected chi connectivity index (χ1v) is 8.24. The molecule has 0 aliphatic heterocycles. The average Bonchev–Trinajstić information content (AvgIpc) is 2.00. The van der Waals surface area contributed by atoms with Gasteiger partial charge in [-0.2, -0.15) is 0 Å². The maximum atomic E-state index is 4.78. The van der Waals surface area contributed by atoms with Crippen molar-refractivity contribution in [3.05, 3.63) is 0 Å². The van der Waals surface area contributed by atoms with Gasteiger partial charge in [0.25, 0.3) is 0 Å². The van der Waals surface area contributed by atoms with Gasteiger partial charge in [0.1, 0.15) is 0 Å². The highest BCUT2D eigenvalue weighted by atomic mass is 28.3. The fourth-order valence-corrected chi connectivity index (χ4v) is 3.58. The summed E-state index contributed by atoms with van der Waals surface area (Å²) < 4.78 is 4.78. The molecule has 78 valence electrons. The maximum absolute atomic E-state index is 4.78. The van der Waals surface area contributed by atoms with E-state index >= 15 is 0 Å². The number of hydrogen-bond acceptors (Lipinski definition) is 1. The molecule has 0 rings (SSSR count). The highest BCUT2D eigenvalue weighted by Crippen LogP contribution is 2.44. The van der Waals surface area contributed by atoms with Crippen LogP contribution in [0, 0.1) is 5.92 Å². The van der Waals surface area contributed by atoms with Gasteiger partial charge in [-0.15, -0.1) is 0 Å². The zero-order chi connectivity index (χ0) is 10.7. The summed E-state index contributed by atoms with van der Waals surface area (Å²) >= 11 is 0. The van der Waals surface area contributed by atoms with Crippen molar-refractivity contribution in [1.29, 1.82) is 0 Å². The molecule has 0 aliphatic carbocycles. The molecule has 2 heteroatoms. The lowest BCUT2D eigenvalue weighted by Crippen LogP contribution is -2.40. The summed E-state index contributed by atoms with van der Waals surface area (Å²) in [6.45, 7) is 16.2. The van der Waals surface area contributed by atoms with E-state index in [4.69, 9.17) is 4.66 Å². The second-order valence-corrected chi connectivity index (χ2v) is 9.82. The molecule has 0 N–H and O–H groups in total. The van der Waals surface area contributed by atoms with Crippen LogP contribution in [0.2, 0.25) is 18.1 Å². The standard InChI is InChI=1S/C11H25NSi/c1-8-9-12-13(6,7)11(4,5)10(2)3/h9-10H,8H2,1-7H3/b12-9+. The Morgan fingerprint density at radius 3 is 2.08 bits per heavy atom. The zero-order valence-electron chi connectivity index (χ0n) is 10.3. The Balaban J connectivity index is 4.70. The minimum atomic E-state index is -1.45. The van der Waals surface area contributed by atoms with E-state index < -0.39 is 8.24 Å². The van der Waals surface area contributed by atoms with E-state index in [9.17, 15) is 0 Å². The Bertz CT molecular complexity index is 181. The first kappa shape index (κ1) is 12.9. The summed E-state index contributed by atoms with van der Waals surface area (Å²) in [5.41, 5.74) is 0. The minimum Gasteiger partial charge on any atom is -0.333 e. The highest BCUT2D eigenvalue weighted by molar-refractivity contribution is 6.79. The lowest BCUT2D eigenvalue weighted by Gasteiger charge is -2.40. The van der Waals surface area contributed by atoms with Crippen LogP contribution in [-0.4, -0.2) is 14.5 Å². The third-order valence-electron chi connectivity index (χ3n) is 3.62. The summed E-state index contributed by atoms with van der Waals surface area (Å²) in [6.07, 6.45) is 3.15. The average molecular weight is 199 g/mol. The number of nitrogens with zero attached hydrogens (tertiary/aromatic N) is 1. The molecule has 0 spiro atoms. The molecule has 1 nitrogen and oxygen atoms in total. The Morgan fingerprint density at radius 1 is 1.31 bits per heavy atom. The van der Waals surface area contributed by atoms with E-state index in [1.807, 2.05) is 0 Å². The van der Waals surface area contributed by atoms with Gasteiger partial charge >= 0.3 is 0 Å². The topological polar surface area (TPSA) is 12.4 Å². The summed E-state index contributed by atoms with van der Waals surface area (Å²) in [5, 5.41) is 0.388. The smallest absolute Gasteiger partial charge is 0.180 e. The van der Waals surface area contributed by atoms with Gasteiger partial charge in [0.05, 0.1) is 0 Å². The Labute approximate surface area is 84.7 Å². The second-order valence-electron chi connectivity index (χ2n) is 5.16. The Kier molecular flexibility index (Phi) is 4.37. The van der Waals surface area contributed by atoms with E-state index in [1.165, 1.54) is 0 Å². The minimum absolute atomic E-state index is 0.388. The molecular weight excluding hydrogens is 174 g/mol. The van der Waals surface area contributed by atoms with Gasteiger partial charge in [0.2, 0.25) is 0 Å². The SMILES string of the molecule is CC/C=N/[Si](C)(C)C(C)(C)C(C)C. The molecule has 0 radical (unpaired) electrons.